The number of ether oxygens (including phenoxy) is 1. The minimum absolute atomic E-state index is 0.120. The fourth-order valence-corrected chi connectivity index (χ4v) is 2.22. The van der Waals surface area contributed by atoms with E-state index in [1.54, 1.807) is 11.1 Å². The van der Waals surface area contributed by atoms with E-state index in [-0.39, 0.29) is 12.1 Å². The standard InChI is InChI=1S/C14H23N5O2/c1-10-8-15-18-12(16-10)17-11-6-5-7-19(9-11)13(20)21-14(2,3)4/h8,11H,5-7,9H2,1-4H3,(H,16,17,18). The van der Waals surface area contributed by atoms with E-state index in [9.17, 15) is 4.79 Å². The molecule has 1 unspecified atom stereocenters. The Kier molecular flexibility index (Phi) is 4.59. The summed E-state index contributed by atoms with van der Waals surface area (Å²) >= 11 is 0. The first kappa shape index (κ1) is 15.5. The van der Waals surface area contributed by atoms with Crippen LogP contribution in [0.3, 0.4) is 0 Å². The number of carbonyl (C=O) groups excluding carboxylic acids is 1. The third kappa shape index (κ3) is 4.84. The molecule has 0 aliphatic carbocycles. The van der Waals surface area contributed by atoms with Crippen LogP contribution in [0.5, 0.6) is 0 Å². The summed E-state index contributed by atoms with van der Waals surface area (Å²) in [7, 11) is 0. The Morgan fingerprint density at radius 3 is 2.90 bits per heavy atom. The van der Waals surface area contributed by atoms with Crippen LogP contribution in [-0.4, -0.2) is 50.9 Å². The fraction of sp³-hybridized carbons (Fsp3) is 0.714. The third-order valence-electron chi connectivity index (χ3n) is 3.09. The minimum Gasteiger partial charge on any atom is -0.444 e. The number of amides is 1. The predicted octanol–water partition coefficient (Wildman–Crippen LogP) is 1.99. The molecule has 116 valence electrons. The van der Waals surface area contributed by atoms with E-state index >= 15 is 0 Å². The van der Waals surface area contributed by atoms with E-state index in [2.05, 4.69) is 20.5 Å². The lowest BCUT2D eigenvalue weighted by Crippen LogP contribution is -2.47. The number of aryl methyl sites for hydroxylation is 1. The van der Waals surface area contributed by atoms with Gasteiger partial charge in [0.05, 0.1) is 11.9 Å². The molecule has 0 bridgehead atoms. The van der Waals surface area contributed by atoms with Crippen LogP contribution in [0.15, 0.2) is 6.20 Å². The molecule has 2 heterocycles. The van der Waals surface area contributed by atoms with Crippen LogP contribution in [0.25, 0.3) is 0 Å². The van der Waals surface area contributed by atoms with Crippen molar-refractivity contribution < 1.29 is 9.53 Å². The second-order valence-corrected chi connectivity index (χ2v) is 6.33. The zero-order chi connectivity index (χ0) is 15.5. The highest BCUT2D eigenvalue weighted by atomic mass is 16.6. The lowest BCUT2D eigenvalue weighted by Gasteiger charge is -2.34. The Morgan fingerprint density at radius 1 is 1.48 bits per heavy atom. The number of piperidine rings is 1. The summed E-state index contributed by atoms with van der Waals surface area (Å²) in [6.45, 7) is 8.80. The molecule has 1 atom stereocenters. The smallest absolute Gasteiger partial charge is 0.410 e. The zero-order valence-electron chi connectivity index (χ0n) is 13.1. The van der Waals surface area contributed by atoms with Gasteiger partial charge in [-0.05, 0) is 40.5 Å². The molecule has 1 amide bonds. The Labute approximate surface area is 125 Å². The van der Waals surface area contributed by atoms with E-state index in [0.717, 1.165) is 25.1 Å². The molecule has 1 aliphatic heterocycles. The first-order valence-corrected chi connectivity index (χ1v) is 7.24. The first-order chi connectivity index (χ1) is 9.83. The largest absolute Gasteiger partial charge is 0.444 e. The molecule has 1 fully saturated rings. The Bertz CT molecular complexity index is 500. The third-order valence-corrected chi connectivity index (χ3v) is 3.09. The molecule has 2 rings (SSSR count). The topological polar surface area (TPSA) is 80.2 Å². The zero-order valence-corrected chi connectivity index (χ0v) is 13.1. The van der Waals surface area contributed by atoms with Crippen LogP contribution in [0.4, 0.5) is 10.7 Å². The molecule has 0 aromatic carbocycles. The summed E-state index contributed by atoms with van der Waals surface area (Å²) in [5.41, 5.74) is 0.341. The van der Waals surface area contributed by atoms with Gasteiger partial charge in [-0.3, -0.25) is 0 Å². The van der Waals surface area contributed by atoms with Crippen molar-refractivity contribution in [3.63, 3.8) is 0 Å². The lowest BCUT2D eigenvalue weighted by molar-refractivity contribution is 0.0206. The average molecular weight is 293 g/mol. The molecule has 7 nitrogen and oxygen atoms in total. The second-order valence-electron chi connectivity index (χ2n) is 6.33. The summed E-state index contributed by atoms with van der Waals surface area (Å²) < 4.78 is 5.41. The Morgan fingerprint density at radius 2 is 2.24 bits per heavy atom. The highest BCUT2D eigenvalue weighted by molar-refractivity contribution is 5.68. The first-order valence-electron chi connectivity index (χ1n) is 7.24. The number of nitrogens with one attached hydrogen (secondary N) is 1. The summed E-state index contributed by atoms with van der Waals surface area (Å²) in [6, 6.07) is 0.120. The van der Waals surface area contributed by atoms with Crippen LogP contribution >= 0.6 is 0 Å². The van der Waals surface area contributed by atoms with Crippen LogP contribution in [0, 0.1) is 6.92 Å². The van der Waals surface area contributed by atoms with Gasteiger partial charge < -0.3 is 15.0 Å². The maximum atomic E-state index is 12.1. The molecule has 1 saturated heterocycles. The van der Waals surface area contributed by atoms with E-state index in [1.807, 2.05) is 27.7 Å². The lowest BCUT2D eigenvalue weighted by atomic mass is 10.1. The summed E-state index contributed by atoms with van der Waals surface area (Å²) in [5, 5.41) is 11.1. The maximum Gasteiger partial charge on any atom is 0.410 e. The number of nitrogens with zero attached hydrogens (tertiary/aromatic N) is 4. The number of likely N-dealkylation sites (tertiary alicyclic amines) is 1. The Balaban J connectivity index is 1.93. The van der Waals surface area contributed by atoms with Gasteiger partial charge in [0.15, 0.2) is 0 Å². The van der Waals surface area contributed by atoms with E-state index in [1.165, 1.54) is 0 Å². The number of aromatic nitrogens is 3. The van der Waals surface area contributed by atoms with Crippen molar-refractivity contribution in [1.82, 2.24) is 20.1 Å². The van der Waals surface area contributed by atoms with Crippen LogP contribution in [0.2, 0.25) is 0 Å². The van der Waals surface area contributed by atoms with Crippen molar-refractivity contribution in [2.45, 2.75) is 52.2 Å². The predicted molar refractivity (Wildman–Crippen MR) is 79.0 cm³/mol. The molecule has 0 radical (unpaired) electrons. The highest BCUT2D eigenvalue weighted by Crippen LogP contribution is 2.17. The number of rotatable bonds is 2. The summed E-state index contributed by atoms with van der Waals surface area (Å²) in [4.78, 5) is 18.1. The van der Waals surface area contributed by atoms with Gasteiger partial charge in [-0.2, -0.15) is 5.10 Å². The number of carbonyl (C=O) groups is 1. The van der Waals surface area contributed by atoms with Crippen LogP contribution in [0.1, 0.15) is 39.3 Å². The maximum absolute atomic E-state index is 12.1. The van der Waals surface area contributed by atoms with E-state index < -0.39 is 5.60 Å². The molecular weight excluding hydrogens is 270 g/mol. The van der Waals surface area contributed by atoms with Gasteiger partial charge in [-0.15, -0.1) is 5.10 Å². The van der Waals surface area contributed by atoms with Crippen molar-refractivity contribution in [3.05, 3.63) is 11.9 Å². The molecule has 21 heavy (non-hydrogen) atoms. The van der Waals surface area contributed by atoms with E-state index in [4.69, 9.17) is 4.74 Å². The van der Waals surface area contributed by atoms with Gasteiger partial charge in [0.1, 0.15) is 5.60 Å². The van der Waals surface area contributed by atoms with Crippen molar-refractivity contribution >= 4 is 12.0 Å². The van der Waals surface area contributed by atoms with E-state index in [0.29, 0.717) is 12.5 Å². The van der Waals surface area contributed by atoms with Gasteiger partial charge in [-0.1, -0.05) is 0 Å². The minimum atomic E-state index is -0.471. The van der Waals surface area contributed by atoms with Crippen molar-refractivity contribution in [1.29, 1.82) is 0 Å². The average Bonchev–Trinajstić information content (AvgIpc) is 2.37. The van der Waals surface area contributed by atoms with Gasteiger partial charge in [0, 0.05) is 19.1 Å². The molecular formula is C14H23N5O2. The van der Waals surface area contributed by atoms with Crippen molar-refractivity contribution in [2.75, 3.05) is 18.4 Å². The molecule has 1 N–H and O–H groups in total. The van der Waals surface area contributed by atoms with Gasteiger partial charge >= 0.3 is 6.09 Å². The monoisotopic (exact) mass is 293 g/mol. The van der Waals surface area contributed by atoms with Gasteiger partial charge in [-0.25, -0.2) is 9.78 Å². The SMILES string of the molecule is Cc1cnnc(NC2CCCN(C(=O)OC(C)(C)C)C2)n1. The second kappa shape index (κ2) is 6.24. The van der Waals surface area contributed by atoms with Crippen molar-refractivity contribution in [3.8, 4) is 0 Å². The molecule has 0 spiro atoms. The molecule has 1 aromatic heterocycles. The van der Waals surface area contributed by atoms with Crippen LogP contribution in [-0.2, 0) is 4.74 Å². The molecule has 1 aromatic rings. The van der Waals surface area contributed by atoms with Gasteiger partial charge in [0.2, 0.25) is 5.95 Å². The quantitative estimate of drug-likeness (QED) is 0.898. The molecule has 1 aliphatic rings. The Hall–Kier alpha value is -1.92. The van der Waals surface area contributed by atoms with Gasteiger partial charge in [0.25, 0.3) is 0 Å². The normalized spacial score (nSPS) is 19.2. The highest BCUT2D eigenvalue weighted by Gasteiger charge is 2.27. The number of hydrogen-bond donors (Lipinski definition) is 1. The number of anilines is 1. The summed E-state index contributed by atoms with van der Waals surface area (Å²) in [6.07, 6.45) is 3.24. The number of hydrogen-bond acceptors (Lipinski definition) is 6. The summed E-state index contributed by atoms with van der Waals surface area (Å²) in [5.74, 6) is 0.506. The van der Waals surface area contributed by atoms with Crippen LogP contribution < -0.4 is 5.32 Å². The fourth-order valence-electron chi connectivity index (χ4n) is 2.22. The molecule has 0 saturated carbocycles. The molecule has 7 heteroatoms. The van der Waals surface area contributed by atoms with Crippen molar-refractivity contribution in [2.24, 2.45) is 0 Å².